The monoisotopic (exact) mass is 290 g/mol. The smallest absolute Gasteiger partial charge is 0.332 e. The van der Waals surface area contributed by atoms with Crippen LogP contribution in [0.3, 0.4) is 0 Å². The fourth-order valence-electron chi connectivity index (χ4n) is 2.17. The van der Waals surface area contributed by atoms with E-state index in [1.807, 2.05) is 4.90 Å². The molecule has 0 saturated heterocycles. The van der Waals surface area contributed by atoms with Crippen molar-refractivity contribution in [3.63, 3.8) is 0 Å². The van der Waals surface area contributed by atoms with Crippen molar-refractivity contribution >= 4 is 17.6 Å². The fraction of sp³-hybridized carbons (Fsp3) is 0.333. The van der Waals surface area contributed by atoms with Gasteiger partial charge >= 0.3 is 5.97 Å². The summed E-state index contributed by atoms with van der Waals surface area (Å²) in [4.78, 5) is 24.7. The second-order valence-corrected chi connectivity index (χ2v) is 4.81. The molecule has 0 unspecified atom stereocenters. The number of rotatable bonds is 5. The number of methoxy groups -OCH3 is 1. The van der Waals surface area contributed by atoms with Crippen LogP contribution in [0.4, 0.5) is 5.69 Å². The van der Waals surface area contributed by atoms with Crippen LogP contribution in [0.15, 0.2) is 35.9 Å². The molecule has 0 aromatic heterocycles. The van der Waals surface area contributed by atoms with Gasteiger partial charge in [0.15, 0.2) is 0 Å². The summed E-state index contributed by atoms with van der Waals surface area (Å²) in [6, 6.07) is 7.05. The highest BCUT2D eigenvalue weighted by molar-refractivity contribution is 5.92. The summed E-state index contributed by atoms with van der Waals surface area (Å²) < 4.78 is 5.05. The first-order chi connectivity index (χ1) is 10.1. The number of carbonyl (C=O) groups excluding carboxylic acids is 1. The van der Waals surface area contributed by atoms with Crippen molar-refractivity contribution in [1.29, 1.82) is 0 Å². The molecule has 1 heterocycles. The summed E-state index contributed by atoms with van der Waals surface area (Å²) in [5.74, 6) is -0.359. The summed E-state index contributed by atoms with van der Waals surface area (Å²) in [5, 5.41) is 11.7. The molecule has 2 N–H and O–H groups in total. The number of nitrogens with zero attached hydrogens (tertiary/aromatic N) is 1. The second-order valence-electron chi connectivity index (χ2n) is 4.81. The lowest BCUT2D eigenvalue weighted by Crippen LogP contribution is -2.38. The molecule has 0 spiro atoms. The Morgan fingerprint density at radius 3 is 2.67 bits per heavy atom. The fourth-order valence-corrected chi connectivity index (χ4v) is 2.17. The zero-order valence-electron chi connectivity index (χ0n) is 11.8. The van der Waals surface area contributed by atoms with E-state index in [0.29, 0.717) is 30.8 Å². The highest BCUT2D eigenvalue weighted by Crippen LogP contribution is 2.15. The van der Waals surface area contributed by atoms with Gasteiger partial charge in [0.25, 0.3) is 0 Å². The molecule has 1 aromatic rings. The number of ether oxygens (including phenoxy) is 1. The van der Waals surface area contributed by atoms with Crippen molar-refractivity contribution in [2.75, 3.05) is 32.1 Å². The van der Waals surface area contributed by atoms with E-state index in [1.54, 1.807) is 37.5 Å². The maximum Gasteiger partial charge on any atom is 0.332 e. The standard InChI is InChI=1S/C15H18N2O4/c1-21-13-6-4-12(5-7-13)16-14(18)10-17-8-2-3-11(9-17)15(19)20/h3-7H,2,8-10H2,1H3,(H,16,18)(H,19,20). The van der Waals surface area contributed by atoms with Gasteiger partial charge in [-0.1, -0.05) is 6.08 Å². The predicted molar refractivity (Wildman–Crippen MR) is 78.4 cm³/mol. The SMILES string of the molecule is COc1ccc(NC(=O)CN2CCC=C(C(=O)O)C2)cc1. The van der Waals surface area contributed by atoms with Gasteiger partial charge < -0.3 is 15.2 Å². The lowest BCUT2D eigenvalue weighted by Gasteiger charge is -2.24. The van der Waals surface area contributed by atoms with Gasteiger partial charge in [-0.05, 0) is 30.7 Å². The number of carbonyl (C=O) groups is 2. The zero-order valence-corrected chi connectivity index (χ0v) is 11.8. The third-order valence-corrected chi connectivity index (χ3v) is 3.25. The Labute approximate surface area is 123 Å². The number of nitrogens with one attached hydrogen (secondary N) is 1. The Hall–Kier alpha value is -2.34. The van der Waals surface area contributed by atoms with Gasteiger partial charge in [-0.3, -0.25) is 9.69 Å². The molecule has 1 aliphatic rings. The molecule has 0 bridgehead atoms. The quantitative estimate of drug-likeness (QED) is 0.856. The number of carboxylic acid groups (broad SMARTS) is 1. The molecular weight excluding hydrogens is 272 g/mol. The summed E-state index contributed by atoms with van der Waals surface area (Å²) in [6.07, 6.45) is 2.36. The molecular formula is C15H18N2O4. The molecule has 0 atom stereocenters. The van der Waals surface area contributed by atoms with Crippen molar-refractivity contribution in [3.8, 4) is 5.75 Å². The highest BCUT2D eigenvalue weighted by Gasteiger charge is 2.19. The van der Waals surface area contributed by atoms with Gasteiger partial charge in [-0.2, -0.15) is 0 Å². The Kier molecular flexibility index (Phi) is 4.94. The third-order valence-electron chi connectivity index (χ3n) is 3.25. The summed E-state index contributed by atoms with van der Waals surface area (Å²) in [6.45, 7) is 1.16. The van der Waals surface area contributed by atoms with Gasteiger partial charge in [-0.15, -0.1) is 0 Å². The number of carboxylic acids is 1. The predicted octanol–water partition coefficient (Wildman–Crippen LogP) is 1.35. The Balaban J connectivity index is 1.87. The minimum absolute atomic E-state index is 0.160. The first-order valence-electron chi connectivity index (χ1n) is 6.67. The van der Waals surface area contributed by atoms with Crippen molar-refractivity contribution in [3.05, 3.63) is 35.9 Å². The Morgan fingerprint density at radius 1 is 1.33 bits per heavy atom. The van der Waals surface area contributed by atoms with Crippen LogP contribution < -0.4 is 10.1 Å². The van der Waals surface area contributed by atoms with Crippen molar-refractivity contribution in [2.45, 2.75) is 6.42 Å². The largest absolute Gasteiger partial charge is 0.497 e. The van der Waals surface area contributed by atoms with E-state index in [-0.39, 0.29) is 12.5 Å². The van der Waals surface area contributed by atoms with E-state index in [9.17, 15) is 9.59 Å². The maximum atomic E-state index is 12.0. The lowest BCUT2D eigenvalue weighted by atomic mass is 10.1. The molecule has 1 aliphatic heterocycles. The van der Waals surface area contributed by atoms with E-state index in [1.165, 1.54) is 0 Å². The van der Waals surface area contributed by atoms with Gasteiger partial charge in [-0.25, -0.2) is 4.79 Å². The number of amides is 1. The van der Waals surface area contributed by atoms with E-state index in [0.717, 1.165) is 5.75 Å². The molecule has 1 aromatic carbocycles. The number of hydrogen-bond donors (Lipinski definition) is 2. The lowest BCUT2D eigenvalue weighted by molar-refractivity contribution is -0.133. The van der Waals surface area contributed by atoms with Crippen molar-refractivity contribution in [2.24, 2.45) is 0 Å². The van der Waals surface area contributed by atoms with Crippen LogP contribution >= 0.6 is 0 Å². The first-order valence-corrected chi connectivity index (χ1v) is 6.67. The minimum atomic E-state index is -0.921. The van der Waals surface area contributed by atoms with Crippen LogP contribution in [0.2, 0.25) is 0 Å². The molecule has 6 nitrogen and oxygen atoms in total. The van der Waals surface area contributed by atoms with Crippen LogP contribution in [-0.4, -0.2) is 48.6 Å². The van der Waals surface area contributed by atoms with E-state index < -0.39 is 5.97 Å². The van der Waals surface area contributed by atoms with Gasteiger partial charge in [0.05, 0.1) is 13.7 Å². The Bertz CT molecular complexity index is 551. The van der Waals surface area contributed by atoms with Gasteiger partial charge in [0, 0.05) is 24.4 Å². The van der Waals surface area contributed by atoms with Crippen LogP contribution in [-0.2, 0) is 9.59 Å². The molecule has 0 aliphatic carbocycles. The molecule has 1 amide bonds. The van der Waals surface area contributed by atoms with Gasteiger partial charge in [0.2, 0.25) is 5.91 Å². The van der Waals surface area contributed by atoms with Crippen molar-refractivity contribution < 1.29 is 19.4 Å². The molecule has 112 valence electrons. The number of anilines is 1. The summed E-state index contributed by atoms with van der Waals surface area (Å²) in [7, 11) is 1.58. The summed E-state index contributed by atoms with van der Waals surface area (Å²) >= 11 is 0. The average Bonchev–Trinajstić information content (AvgIpc) is 2.48. The van der Waals surface area contributed by atoms with Crippen LogP contribution in [0.25, 0.3) is 0 Å². The Morgan fingerprint density at radius 2 is 2.05 bits per heavy atom. The molecule has 2 rings (SSSR count). The minimum Gasteiger partial charge on any atom is -0.497 e. The van der Waals surface area contributed by atoms with E-state index in [2.05, 4.69) is 5.32 Å². The van der Waals surface area contributed by atoms with Gasteiger partial charge in [0.1, 0.15) is 5.75 Å². The molecule has 0 fully saturated rings. The van der Waals surface area contributed by atoms with E-state index in [4.69, 9.17) is 9.84 Å². The first kappa shape index (κ1) is 15.1. The third kappa shape index (κ3) is 4.32. The number of benzene rings is 1. The van der Waals surface area contributed by atoms with Crippen LogP contribution in [0, 0.1) is 0 Å². The number of hydrogen-bond acceptors (Lipinski definition) is 4. The molecule has 0 saturated carbocycles. The maximum absolute atomic E-state index is 12.0. The van der Waals surface area contributed by atoms with Crippen LogP contribution in [0.1, 0.15) is 6.42 Å². The van der Waals surface area contributed by atoms with E-state index >= 15 is 0 Å². The summed E-state index contributed by atoms with van der Waals surface area (Å²) in [5.41, 5.74) is 1.03. The van der Waals surface area contributed by atoms with Crippen LogP contribution in [0.5, 0.6) is 5.75 Å². The average molecular weight is 290 g/mol. The topological polar surface area (TPSA) is 78.9 Å². The number of aliphatic carboxylic acids is 1. The normalized spacial score (nSPS) is 15.2. The molecule has 21 heavy (non-hydrogen) atoms. The zero-order chi connectivity index (χ0) is 15.2. The molecule has 6 heteroatoms. The molecule has 0 radical (unpaired) electrons. The van der Waals surface area contributed by atoms with Crippen molar-refractivity contribution in [1.82, 2.24) is 4.90 Å². The highest BCUT2D eigenvalue weighted by atomic mass is 16.5. The second kappa shape index (κ2) is 6.90.